The van der Waals surface area contributed by atoms with Crippen LogP contribution >= 0.6 is 0 Å². The van der Waals surface area contributed by atoms with Gasteiger partial charge < -0.3 is 8.83 Å². The van der Waals surface area contributed by atoms with Crippen LogP contribution < -0.4 is 0 Å². The largest absolute Gasteiger partial charge is 0.453 e. The van der Waals surface area contributed by atoms with Gasteiger partial charge in [-0.25, -0.2) is 9.97 Å². The Balaban J connectivity index is 1.42. The zero-order valence-corrected chi connectivity index (χ0v) is 28.1. The molecule has 9 aromatic rings. The van der Waals surface area contributed by atoms with Crippen molar-refractivity contribution in [3.05, 3.63) is 125 Å². The zero-order valence-electron chi connectivity index (χ0n) is 37.1. The molecule has 0 atom stereocenters. The number of hydrogen-bond acceptors (Lipinski definition) is 4. The minimum Gasteiger partial charge on any atom is -0.453 e. The van der Waals surface area contributed by atoms with Crippen molar-refractivity contribution in [1.29, 1.82) is 0 Å². The first-order valence-corrected chi connectivity index (χ1v) is 16.8. The fourth-order valence-corrected chi connectivity index (χ4v) is 7.32. The number of aryl methyl sites for hydroxylation is 3. The van der Waals surface area contributed by atoms with Crippen molar-refractivity contribution in [3.8, 4) is 28.2 Å². The van der Waals surface area contributed by atoms with Crippen LogP contribution in [0, 0.1) is 20.6 Å². The third-order valence-electron chi connectivity index (χ3n) is 9.71. The number of furan rings is 2. The monoisotopic (exact) mass is 662 g/mol. The van der Waals surface area contributed by atoms with Gasteiger partial charge in [-0.15, -0.1) is 0 Å². The van der Waals surface area contributed by atoms with Gasteiger partial charge in [0.15, 0.2) is 5.58 Å². The molecule has 0 saturated heterocycles. The van der Waals surface area contributed by atoms with E-state index in [2.05, 4.69) is 52.0 Å². The van der Waals surface area contributed by atoms with E-state index in [1.807, 2.05) is 34.9 Å². The zero-order chi connectivity index (χ0) is 41.9. The summed E-state index contributed by atoms with van der Waals surface area (Å²) in [6.45, 7) is 0.789. The third-order valence-corrected chi connectivity index (χ3v) is 9.71. The number of hydrogen-bond donors (Lipinski definition) is 0. The van der Waals surface area contributed by atoms with Gasteiger partial charge in [0.2, 0.25) is 5.71 Å². The van der Waals surface area contributed by atoms with Crippen molar-refractivity contribution in [3.63, 3.8) is 0 Å². The molecule has 0 saturated carbocycles. The SMILES string of the molecule is [2H]C([2H])([2H])c1ccc2oc3nc4c(oc5c(-c6nc7cccc(C([2H])([2H])[2H])c7n6-c6c(C(C)C)cc(-c7ccccc7)cc6C(C)C)cccc54)c(C([2H])([2H])[2H])c3c2c1. The van der Waals surface area contributed by atoms with E-state index in [4.69, 9.17) is 31.1 Å². The molecule has 0 radical (unpaired) electrons. The van der Waals surface area contributed by atoms with Crippen LogP contribution in [-0.2, 0) is 0 Å². The van der Waals surface area contributed by atoms with Crippen LogP contribution in [0.5, 0.6) is 0 Å². The van der Waals surface area contributed by atoms with Crippen molar-refractivity contribution >= 4 is 55.2 Å². The first-order valence-electron chi connectivity index (χ1n) is 21.3. The van der Waals surface area contributed by atoms with Gasteiger partial charge in [-0.1, -0.05) is 87.9 Å². The highest BCUT2D eigenvalue weighted by atomic mass is 16.3. The molecular formula is C45H39N3O2. The second kappa shape index (κ2) is 11.2. The fourth-order valence-electron chi connectivity index (χ4n) is 7.32. The molecular weight excluding hydrogens is 615 g/mol. The summed E-state index contributed by atoms with van der Waals surface area (Å²) in [5.41, 5.74) is 7.17. The maximum Gasteiger partial charge on any atom is 0.228 e. The smallest absolute Gasteiger partial charge is 0.228 e. The van der Waals surface area contributed by atoms with E-state index in [0.717, 1.165) is 27.9 Å². The van der Waals surface area contributed by atoms with Crippen LogP contribution in [0.3, 0.4) is 0 Å². The Hall–Kier alpha value is -5.68. The molecule has 5 heteroatoms. The topological polar surface area (TPSA) is 57.0 Å². The number of benzene rings is 5. The summed E-state index contributed by atoms with van der Waals surface area (Å²) in [7, 11) is 0. The Bertz CT molecular complexity index is 3100. The van der Waals surface area contributed by atoms with Gasteiger partial charge in [-0.05, 0) is 103 Å². The van der Waals surface area contributed by atoms with E-state index in [-0.39, 0.29) is 50.7 Å². The first-order chi connectivity index (χ1) is 27.8. The summed E-state index contributed by atoms with van der Waals surface area (Å²) in [6.07, 6.45) is 0. The van der Waals surface area contributed by atoms with Crippen molar-refractivity contribution < 1.29 is 21.2 Å². The normalized spacial score (nSPS) is 15.7. The average Bonchev–Trinajstić information content (AvgIpc) is 3.86. The van der Waals surface area contributed by atoms with Crippen LogP contribution in [0.4, 0.5) is 0 Å². The van der Waals surface area contributed by atoms with Crippen molar-refractivity contribution in [2.75, 3.05) is 0 Å². The van der Waals surface area contributed by atoms with E-state index in [1.165, 1.54) is 18.2 Å². The lowest BCUT2D eigenvalue weighted by atomic mass is 9.88. The maximum atomic E-state index is 8.75. The number of rotatable bonds is 5. The van der Waals surface area contributed by atoms with Crippen LogP contribution in [0.25, 0.3) is 83.4 Å². The second-order valence-electron chi connectivity index (χ2n) is 13.6. The molecule has 5 nitrogen and oxygen atoms in total. The molecule has 246 valence electrons. The Morgan fingerprint density at radius 1 is 0.680 bits per heavy atom. The highest BCUT2D eigenvalue weighted by molar-refractivity contribution is 6.15. The molecule has 0 aliphatic rings. The number of para-hydroxylation sites is 2. The summed E-state index contributed by atoms with van der Waals surface area (Å²) in [4.78, 5) is 10.0. The summed E-state index contributed by atoms with van der Waals surface area (Å²) in [5, 5.41) is 0.946. The number of fused-ring (bicyclic) bond motifs is 7. The molecule has 5 aromatic carbocycles. The van der Waals surface area contributed by atoms with E-state index in [9.17, 15) is 0 Å². The minimum atomic E-state index is -2.74. The minimum absolute atomic E-state index is 0.000478. The van der Waals surface area contributed by atoms with Gasteiger partial charge >= 0.3 is 0 Å². The highest BCUT2D eigenvalue weighted by Gasteiger charge is 2.27. The molecule has 50 heavy (non-hydrogen) atoms. The van der Waals surface area contributed by atoms with E-state index < -0.39 is 20.6 Å². The first kappa shape index (κ1) is 22.1. The van der Waals surface area contributed by atoms with Crippen molar-refractivity contribution in [2.24, 2.45) is 0 Å². The molecule has 0 bridgehead atoms. The van der Waals surface area contributed by atoms with Gasteiger partial charge in [0.1, 0.15) is 22.5 Å². The molecule has 9 rings (SSSR count). The molecule has 0 aliphatic carbocycles. The van der Waals surface area contributed by atoms with Gasteiger partial charge in [0.05, 0.1) is 27.7 Å². The Morgan fingerprint density at radius 2 is 1.48 bits per heavy atom. The standard InChI is InChI=1S/C45H39N3O2/c1-24(2)33-22-30(29-14-9-8-10-15-29)23-34(25(3)4)41(33)48-40-27(6)13-11-18-36(40)46-44(48)32-17-12-16-31-39-42(50-43(31)32)28(7)38-35-21-26(5)19-20-37(35)49-45(38)47-39/h8-25H,1-7H3/i5D3,6D3,7D3. The van der Waals surface area contributed by atoms with Gasteiger partial charge in [-0.2, -0.15) is 0 Å². The lowest BCUT2D eigenvalue weighted by Crippen LogP contribution is -2.10. The molecule has 0 fully saturated rings. The van der Waals surface area contributed by atoms with E-state index in [1.54, 1.807) is 24.3 Å². The predicted octanol–water partition coefficient (Wildman–Crippen LogP) is 12.7. The maximum absolute atomic E-state index is 8.75. The molecule has 0 aliphatic heterocycles. The number of imidazole rings is 1. The molecule has 4 heterocycles. The lowest BCUT2D eigenvalue weighted by Gasteiger charge is -2.24. The van der Waals surface area contributed by atoms with Crippen LogP contribution in [0.15, 0.2) is 106 Å². The van der Waals surface area contributed by atoms with E-state index in [0.29, 0.717) is 44.4 Å². The van der Waals surface area contributed by atoms with Crippen LogP contribution in [-0.4, -0.2) is 14.5 Å². The Morgan fingerprint density at radius 3 is 2.22 bits per heavy atom. The summed E-state index contributed by atoms with van der Waals surface area (Å²) >= 11 is 0. The summed E-state index contributed by atoms with van der Waals surface area (Å²) in [5.74, 6) is 0.408. The Labute approximate surface area is 303 Å². The van der Waals surface area contributed by atoms with Gasteiger partial charge in [0.25, 0.3) is 0 Å². The van der Waals surface area contributed by atoms with Crippen LogP contribution in [0.2, 0.25) is 0 Å². The molecule has 0 amide bonds. The number of pyridine rings is 1. The average molecular weight is 663 g/mol. The number of aromatic nitrogens is 3. The molecule has 0 spiro atoms. The van der Waals surface area contributed by atoms with Crippen molar-refractivity contribution in [1.82, 2.24) is 14.5 Å². The van der Waals surface area contributed by atoms with Gasteiger partial charge in [0, 0.05) is 28.7 Å². The highest BCUT2D eigenvalue weighted by Crippen LogP contribution is 2.44. The second-order valence-corrected chi connectivity index (χ2v) is 13.6. The lowest BCUT2D eigenvalue weighted by molar-refractivity contribution is 0.651. The van der Waals surface area contributed by atoms with E-state index >= 15 is 0 Å². The van der Waals surface area contributed by atoms with Crippen LogP contribution in [0.1, 0.15) is 79.7 Å². The fraction of sp³-hybridized carbons (Fsp3) is 0.200. The molecule has 0 N–H and O–H groups in total. The summed E-state index contributed by atoms with van der Waals surface area (Å²) in [6, 6.07) is 29.4. The molecule has 4 aromatic heterocycles. The predicted molar refractivity (Wildman–Crippen MR) is 207 cm³/mol. The Kier molecular flexibility index (Phi) is 4.94. The molecule has 0 unspecified atom stereocenters. The van der Waals surface area contributed by atoms with Gasteiger partial charge in [-0.3, -0.25) is 4.57 Å². The summed E-state index contributed by atoms with van der Waals surface area (Å²) < 4.78 is 91.0. The number of nitrogens with zero attached hydrogens (tertiary/aromatic N) is 3. The quantitative estimate of drug-likeness (QED) is 0.184. The van der Waals surface area contributed by atoms with Crippen molar-refractivity contribution in [2.45, 2.75) is 60.1 Å². The third kappa shape index (κ3) is 4.46.